The number of nitrogens with zero attached hydrogens (tertiary/aromatic N) is 3. The van der Waals surface area contributed by atoms with Gasteiger partial charge in [0.15, 0.2) is 5.16 Å². The lowest BCUT2D eigenvalue weighted by molar-refractivity contribution is -0.118. The number of aliphatic hydroxyl groups is 1. The molecule has 162 valence electrons. The number of amides is 1. The molecule has 0 bridgehead atoms. The molecule has 7 nitrogen and oxygen atoms in total. The maximum atomic E-state index is 11.0. The number of methoxy groups -OCH3 is 1. The highest BCUT2D eigenvalue weighted by molar-refractivity contribution is 7.98. The second kappa shape index (κ2) is 16.0. The molecule has 1 aliphatic carbocycles. The van der Waals surface area contributed by atoms with E-state index < -0.39 is 0 Å². The molecular formula is C21H34N4O3S. The minimum absolute atomic E-state index is 0.291. The van der Waals surface area contributed by atoms with Crippen LogP contribution < -0.4 is 5.73 Å². The molecule has 3 rings (SSSR count). The second-order valence-corrected chi connectivity index (χ2v) is 7.49. The van der Waals surface area contributed by atoms with Gasteiger partial charge in [0.1, 0.15) is 5.82 Å². The van der Waals surface area contributed by atoms with E-state index in [1.54, 1.807) is 18.9 Å². The van der Waals surface area contributed by atoms with Gasteiger partial charge in [0.25, 0.3) is 0 Å². The van der Waals surface area contributed by atoms with Crippen LogP contribution in [0.3, 0.4) is 0 Å². The summed E-state index contributed by atoms with van der Waals surface area (Å²) in [5.41, 5.74) is 6.50. The highest BCUT2D eigenvalue weighted by Gasteiger charge is 2.13. The minimum atomic E-state index is -0.317. The average molecular weight is 423 g/mol. The maximum absolute atomic E-state index is 11.0. The standard InChI is InChI=1S/C17H24N4O2S.C3H6.CH4O/c1-23-12-6-5-11-21-16(10-9-15(18)22)19-20-17(21)24-13-14-7-3-2-4-8-14;1-2-3-1;1-2/h2-4,7-8H,5-6,9-13H2,1H3,(H2,18,22);1-3H2;2H,1H3. The SMILES string of the molecule is C1CC1.CO.COCCCCn1c(CCC(N)=O)nnc1SCc1ccccc1. The van der Waals surface area contributed by atoms with Gasteiger partial charge in [-0.2, -0.15) is 0 Å². The van der Waals surface area contributed by atoms with Crippen LogP contribution in [0.15, 0.2) is 35.5 Å². The van der Waals surface area contributed by atoms with Crippen LogP contribution in [0.2, 0.25) is 0 Å². The lowest BCUT2D eigenvalue weighted by atomic mass is 10.2. The summed E-state index contributed by atoms with van der Waals surface area (Å²) in [6.07, 6.45) is 7.28. The number of hydrogen-bond donors (Lipinski definition) is 2. The van der Waals surface area contributed by atoms with E-state index in [1.807, 2.05) is 18.2 Å². The van der Waals surface area contributed by atoms with Crippen LogP contribution in [0.4, 0.5) is 0 Å². The van der Waals surface area contributed by atoms with Crippen molar-refractivity contribution in [3.8, 4) is 0 Å². The van der Waals surface area contributed by atoms with Crippen molar-refractivity contribution in [3.63, 3.8) is 0 Å². The number of hydrogen-bond acceptors (Lipinski definition) is 6. The fourth-order valence-corrected chi connectivity index (χ4v) is 3.25. The monoisotopic (exact) mass is 422 g/mol. The summed E-state index contributed by atoms with van der Waals surface area (Å²) in [6.45, 7) is 1.56. The molecule has 0 radical (unpaired) electrons. The van der Waals surface area contributed by atoms with Crippen LogP contribution in [0.1, 0.15) is 49.9 Å². The van der Waals surface area contributed by atoms with Crippen molar-refractivity contribution in [1.29, 1.82) is 0 Å². The number of carbonyl (C=O) groups excluding carboxylic acids is 1. The van der Waals surface area contributed by atoms with Gasteiger partial charge in [-0.25, -0.2) is 0 Å². The topological polar surface area (TPSA) is 103 Å². The first kappa shape index (κ1) is 25.1. The third kappa shape index (κ3) is 11.6. The van der Waals surface area contributed by atoms with Crippen LogP contribution in [-0.4, -0.2) is 46.6 Å². The fraction of sp³-hybridized carbons (Fsp3) is 0.571. The highest BCUT2D eigenvalue weighted by Crippen LogP contribution is 2.23. The molecule has 29 heavy (non-hydrogen) atoms. The molecular weight excluding hydrogens is 388 g/mol. The number of rotatable bonds is 11. The third-order valence-corrected chi connectivity index (χ3v) is 4.97. The highest BCUT2D eigenvalue weighted by atomic mass is 32.2. The van der Waals surface area contributed by atoms with Crippen molar-refractivity contribution in [1.82, 2.24) is 14.8 Å². The van der Waals surface area contributed by atoms with E-state index >= 15 is 0 Å². The fourth-order valence-electron chi connectivity index (χ4n) is 2.31. The predicted octanol–water partition coefficient (Wildman–Crippen LogP) is 3.19. The van der Waals surface area contributed by atoms with Crippen molar-refractivity contribution in [3.05, 3.63) is 41.7 Å². The van der Waals surface area contributed by atoms with Gasteiger partial charge in [-0.3, -0.25) is 4.79 Å². The minimum Gasteiger partial charge on any atom is -0.400 e. The molecule has 1 amide bonds. The van der Waals surface area contributed by atoms with Gasteiger partial charge in [0, 0.05) is 46.0 Å². The van der Waals surface area contributed by atoms with Crippen molar-refractivity contribution < 1.29 is 14.6 Å². The molecule has 0 atom stereocenters. The molecule has 0 saturated heterocycles. The summed E-state index contributed by atoms with van der Waals surface area (Å²) in [5.74, 6) is 1.34. The second-order valence-electron chi connectivity index (χ2n) is 6.55. The molecule has 1 aromatic heterocycles. The van der Waals surface area contributed by atoms with E-state index in [2.05, 4.69) is 26.9 Å². The quantitative estimate of drug-likeness (QED) is 0.426. The first-order valence-corrected chi connectivity index (χ1v) is 11.0. The Hall–Kier alpha value is -1.90. The lowest BCUT2D eigenvalue weighted by Gasteiger charge is -2.10. The van der Waals surface area contributed by atoms with Gasteiger partial charge in [-0.1, -0.05) is 61.4 Å². The van der Waals surface area contributed by atoms with E-state index in [-0.39, 0.29) is 5.91 Å². The van der Waals surface area contributed by atoms with E-state index in [4.69, 9.17) is 15.6 Å². The zero-order valence-corrected chi connectivity index (χ0v) is 18.4. The lowest BCUT2D eigenvalue weighted by Crippen LogP contribution is -2.14. The first-order valence-electron chi connectivity index (χ1n) is 10.0. The average Bonchev–Trinajstić information content (AvgIpc) is 3.59. The molecule has 1 heterocycles. The summed E-state index contributed by atoms with van der Waals surface area (Å²) >= 11 is 1.66. The van der Waals surface area contributed by atoms with Crippen molar-refractivity contribution in [2.45, 2.75) is 62.4 Å². The van der Waals surface area contributed by atoms with Gasteiger partial charge in [0.05, 0.1) is 0 Å². The van der Waals surface area contributed by atoms with Crippen LogP contribution >= 0.6 is 11.8 Å². The Kier molecular flexibility index (Phi) is 13.8. The van der Waals surface area contributed by atoms with Crippen LogP contribution in [0, 0.1) is 0 Å². The van der Waals surface area contributed by atoms with Gasteiger partial charge in [-0.05, 0) is 18.4 Å². The summed E-state index contributed by atoms with van der Waals surface area (Å²) in [5, 5.41) is 16.4. The summed E-state index contributed by atoms with van der Waals surface area (Å²) < 4.78 is 7.20. The Balaban J connectivity index is 0.000000747. The number of unbranched alkanes of at least 4 members (excludes halogenated alkanes) is 1. The number of aliphatic hydroxyl groups excluding tert-OH is 1. The molecule has 2 aromatic rings. The first-order chi connectivity index (χ1) is 14.2. The summed E-state index contributed by atoms with van der Waals surface area (Å²) in [4.78, 5) is 11.0. The molecule has 1 saturated carbocycles. The third-order valence-electron chi connectivity index (χ3n) is 3.93. The number of thioether (sulfide) groups is 1. The van der Waals surface area contributed by atoms with Crippen molar-refractivity contribution in [2.75, 3.05) is 20.8 Å². The summed E-state index contributed by atoms with van der Waals surface area (Å²) in [7, 11) is 2.71. The number of aromatic nitrogens is 3. The molecule has 1 fully saturated rings. The van der Waals surface area contributed by atoms with Crippen LogP contribution in [0.25, 0.3) is 0 Å². The van der Waals surface area contributed by atoms with E-state index in [9.17, 15) is 4.79 Å². The van der Waals surface area contributed by atoms with Gasteiger partial charge >= 0.3 is 0 Å². The predicted molar refractivity (Wildman–Crippen MR) is 117 cm³/mol. The number of ether oxygens (including phenoxy) is 1. The smallest absolute Gasteiger partial charge is 0.217 e. The molecule has 3 N–H and O–H groups in total. The zero-order chi connectivity index (χ0) is 21.3. The zero-order valence-electron chi connectivity index (χ0n) is 17.5. The van der Waals surface area contributed by atoms with E-state index in [1.165, 1.54) is 24.8 Å². The Labute approximate surface area is 178 Å². The van der Waals surface area contributed by atoms with Crippen LogP contribution in [-0.2, 0) is 28.2 Å². The number of primary amides is 1. The van der Waals surface area contributed by atoms with Gasteiger partial charge in [-0.15, -0.1) is 10.2 Å². The van der Waals surface area contributed by atoms with Crippen molar-refractivity contribution >= 4 is 17.7 Å². The molecule has 1 aliphatic rings. The molecule has 0 unspecified atom stereocenters. The number of carbonyl (C=O) groups is 1. The molecule has 8 heteroatoms. The van der Waals surface area contributed by atoms with Gasteiger partial charge < -0.3 is 20.1 Å². The van der Waals surface area contributed by atoms with Crippen LogP contribution in [0.5, 0.6) is 0 Å². The summed E-state index contributed by atoms with van der Waals surface area (Å²) in [6, 6.07) is 10.3. The Morgan fingerprint density at radius 2 is 1.86 bits per heavy atom. The Morgan fingerprint density at radius 1 is 1.17 bits per heavy atom. The van der Waals surface area contributed by atoms with Crippen molar-refractivity contribution in [2.24, 2.45) is 5.73 Å². The largest absolute Gasteiger partial charge is 0.400 e. The number of benzene rings is 1. The van der Waals surface area contributed by atoms with Gasteiger partial charge in [0.2, 0.25) is 5.91 Å². The molecule has 0 aliphatic heterocycles. The Morgan fingerprint density at radius 3 is 2.45 bits per heavy atom. The molecule has 0 spiro atoms. The normalized spacial score (nSPS) is 11.7. The number of aryl methyl sites for hydroxylation is 1. The maximum Gasteiger partial charge on any atom is 0.217 e. The van der Waals surface area contributed by atoms with E-state index in [0.29, 0.717) is 12.8 Å². The Bertz CT molecular complexity index is 675. The number of nitrogens with two attached hydrogens (primary N) is 1. The molecule has 1 aromatic carbocycles. The van der Waals surface area contributed by atoms with E-state index in [0.717, 1.165) is 49.8 Å².